The highest BCUT2D eigenvalue weighted by Gasteiger charge is 2.25. The molecule has 121 heavy (non-hydrogen) atoms. The molecule has 2 N–H and O–H groups in total. The van der Waals surface area contributed by atoms with Crippen molar-refractivity contribution in [2.75, 3.05) is 0 Å². The fourth-order valence-electron chi connectivity index (χ4n) is 18.6. The second-order valence-electron chi connectivity index (χ2n) is 31.3. The monoisotopic (exact) mass is 1670 g/mol. The van der Waals surface area contributed by atoms with Crippen LogP contribution in [0.5, 0.6) is 0 Å². The van der Waals surface area contributed by atoms with Gasteiger partial charge in [-0.05, 0) is 291 Å². The third-order valence-electron chi connectivity index (χ3n) is 24.3. The van der Waals surface area contributed by atoms with Crippen molar-refractivity contribution < 1.29 is 10.0 Å². The molecule has 0 aliphatic carbocycles. The summed E-state index contributed by atoms with van der Waals surface area (Å²) in [5, 5.41) is 46.5. The van der Waals surface area contributed by atoms with Gasteiger partial charge in [-0.25, -0.2) is 0 Å². The van der Waals surface area contributed by atoms with E-state index in [2.05, 4.69) is 426 Å². The molecule has 2 nitrogen and oxygen atoms in total. The molecule has 0 atom stereocenters. The molecular formula is C116H75BBr2O2. The molecule has 5 heteroatoms. The lowest BCUT2D eigenvalue weighted by molar-refractivity contribution is 0.426. The highest BCUT2D eigenvalue weighted by molar-refractivity contribution is 9.10. The summed E-state index contributed by atoms with van der Waals surface area (Å²) in [5.74, 6) is 0. The molecule has 0 aromatic heterocycles. The molecule has 0 aliphatic heterocycles. The normalized spacial score (nSPS) is 11.5. The summed E-state index contributed by atoms with van der Waals surface area (Å²) in [6.45, 7) is 0. The average molecular weight is 1670 g/mol. The van der Waals surface area contributed by atoms with Crippen LogP contribution in [0.25, 0.3) is 219 Å². The maximum atomic E-state index is 10.1. The zero-order valence-corrected chi connectivity index (χ0v) is 69.0. The number of hydrogen-bond acceptors (Lipinski definition) is 2. The summed E-state index contributed by atoms with van der Waals surface area (Å²) in [5.41, 5.74) is 22.6. The van der Waals surface area contributed by atoms with Crippen LogP contribution in [-0.4, -0.2) is 17.2 Å². The van der Waals surface area contributed by atoms with Crippen LogP contribution in [-0.2, 0) is 0 Å². The Labute approximate surface area is 719 Å². The molecule has 568 valence electrons. The van der Waals surface area contributed by atoms with Crippen molar-refractivity contribution in [1.82, 2.24) is 0 Å². The molecular weight excluding hydrogens is 1600 g/mol. The SMILES string of the molecule is Brc1ccc(-c2cc(-c3ccc(Br)cc3)c3ccccc3c2)cc1.OB(O)c1c2ccccc2c(-c2ccc3ccccc3c2)c2ccccc12.c1ccc2cc(-c3c4ccccc4c(-c4ccc(-c5cc(-c6ccc(-c7c8ccccc8c(-c8ccc9ccccc9c8)c8ccccc78)cc6)c6ccccc6c5)cc4)c4ccccc34)ccc2c1. The minimum atomic E-state index is -1.52. The number of halogens is 2. The van der Waals surface area contributed by atoms with Crippen LogP contribution in [0.2, 0.25) is 0 Å². The van der Waals surface area contributed by atoms with Gasteiger partial charge in [-0.15, -0.1) is 0 Å². The maximum Gasteiger partial charge on any atom is 0.489 e. The number of fused-ring (bicyclic) bond motifs is 11. The van der Waals surface area contributed by atoms with E-state index in [1.807, 2.05) is 48.5 Å². The zero-order valence-electron chi connectivity index (χ0n) is 65.9. The first-order valence-corrected chi connectivity index (χ1v) is 42.7. The number of benzene rings is 23. The molecule has 23 aromatic carbocycles. The Morgan fingerprint density at radius 3 is 0.645 bits per heavy atom. The van der Waals surface area contributed by atoms with Gasteiger partial charge in [0.25, 0.3) is 0 Å². The van der Waals surface area contributed by atoms with E-state index < -0.39 is 7.12 Å². The first-order valence-electron chi connectivity index (χ1n) is 41.1. The maximum absolute atomic E-state index is 10.1. The van der Waals surface area contributed by atoms with Crippen LogP contribution in [0, 0.1) is 0 Å². The summed E-state index contributed by atoms with van der Waals surface area (Å²) >= 11 is 7.03. The Morgan fingerprint density at radius 2 is 0.347 bits per heavy atom. The van der Waals surface area contributed by atoms with E-state index in [9.17, 15) is 10.0 Å². The van der Waals surface area contributed by atoms with Crippen molar-refractivity contribution in [2.24, 2.45) is 0 Å². The summed E-state index contributed by atoms with van der Waals surface area (Å²) in [6.07, 6.45) is 0. The van der Waals surface area contributed by atoms with E-state index >= 15 is 0 Å². The van der Waals surface area contributed by atoms with Gasteiger partial charge in [0, 0.05) is 8.95 Å². The topological polar surface area (TPSA) is 40.5 Å². The molecule has 23 rings (SSSR count). The summed E-state index contributed by atoms with van der Waals surface area (Å²) in [4.78, 5) is 0. The Morgan fingerprint density at radius 1 is 0.149 bits per heavy atom. The molecule has 0 aliphatic rings. The molecule has 0 unspecified atom stereocenters. The Kier molecular flexibility index (Phi) is 19.7. The van der Waals surface area contributed by atoms with E-state index in [-0.39, 0.29) is 0 Å². The van der Waals surface area contributed by atoms with Gasteiger partial charge in [-0.3, -0.25) is 0 Å². The van der Waals surface area contributed by atoms with Crippen molar-refractivity contribution in [3.63, 3.8) is 0 Å². The summed E-state index contributed by atoms with van der Waals surface area (Å²) in [7, 11) is -1.52. The molecule has 0 radical (unpaired) electrons. The standard InChI is InChI=1S/C70H44.C24H17BO2.C22H14Br2/c1-3-17-51-41-54(39-31-45(51)15-1)69-62-25-11-7-21-58(62)67(59-22-8-12-26-63(59)69)49-35-29-47(30-36-49)56-43-53-19-5-6-20-57(53)66(44-56)48-33-37-50(38-34-48)68-60-23-9-13-27-64(60)70(65-28-14-10-24-61(65)68)55-40-32-46-16-2-4-18-52(46)42-55;26-25(27)24-21-11-5-3-9-19(21)23(20-10-4-6-12-22(20)24)18-14-13-16-7-1-2-8-17(16)15-18;23-19-9-5-15(6-10-19)18-13-17-3-1-2-4-21(17)22(14-18)16-7-11-20(24)12-8-16/h1-44H;1-15,26-27H;1-14H. The third kappa shape index (κ3) is 14.0. The fourth-order valence-corrected chi connectivity index (χ4v) is 19.2. The van der Waals surface area contributed by atoms with Crippen molar-refractivity contribution in [1.29, 1.82) is 0 Å². The first kappa shape index (κ1) is 74.4. The quantitative estimate of drug-likeness (QED) is 0.106. The second kappa shape index (κ2) is 32.0. The Balaban J connectivity index is 0.000000143. The highest BCUT2D eigenvalue weighted by Crippen LogP contribution is 2.49. The van der Waals surface area contributed by atoms with E-state index in [1.165, 1.54) is 186 Å². The molecule has 0 saturated carbocycles. The molecule has 0 saturated heterocycles. The van der Waals surface area contributed by atoms with Crippen LogP contribution in [0.3, 0.4) is 0 Å². The molecule has 23 aromatic rings. The lowest BCUT2D eigenvalue weighted by atomic mass is 9.72. The van der Waals surface area contributed by atoms with Gasteiger partial charge < -0.3 is 10.0 Å². The van der Waals surface area contributed by atoms with Crippen molar-refractivity contribution in [3.8, 4) is 100 Å². The van der Waals surface area contributed by atoms with Gasteiger partial charge in [0.05, 0.1) is 0 Å². The van der Waals surface area contributed by atoms with Gasteiger partial charge in [-0.2, -0.15) is 0 Å². The van der Waals surface area contributed by atoms with Gasteiger partial charge in [0.15, 0.2) is 0 Å². The van der Waals surface area contributed by atoms with Crippen LogP contribution >= 0.6 is 31.9 Å². The van der Waals surface area contributed by atoms with E-state index in [1.54, 1.807) is 0 Å². The van der Waals surface area contributed by atoms with E-state index in [0.717, 1.165) is 41.6 Å². The average Bonchev–Trinajstić information content (AvgIpc) is 0.704. The molecule has 0 spiro atoms. The lowest BCUT2D eigenvalue weighted by Gasteiger charge is -2.18. The minimum Gasteiger partial charge on any atom is -0.423 e. The Bertz CT molecular complexity index is 7820. The summed E-state index contributed by atoms with van der Waals surface area (Å²) in [6, 6.07) is 160. The second-order valence-corrected chi connectivity index (χ2v) is 33.1. The number of hydrogen-bond donors (Lipinski definition) is 2. The lowest BCUT2D eigenvalue weighted by Crippen LogP contribution is -2.31. The molecule has 0 fully saturated rings. The van der Waals surface area contributed by atoms with Crippen molar-refractivity contribution >= 4 is 163 Å². The smallest absolute Gasteiger partial charge is 0.423 e. The van der Waals surface area contributed by atoms with Crippen LogP contribution < -0.4 is 5.46 Å². The van der Waals surface area contributed by atoms with Crippen LogP contribution in [0.4, 0.5) is 0 Å². The van der Waals surface area contributed by atoms with Crippen molar-refractivity contribution in [2.45, 2.75) is 0 Å². The molecule has 0 amide bonds. The van der Waals surface area contributed by atoms with Crippen LogP contribution in [0.15, 0.2) is 452 Å². The van der Waals surface area contributed by atoms with Gasteiger partial charge in [0.1, 0.15) is 0 Å². The minimum absolute atomic E-state index is 0.561. The zero-order chi connectivity index (χ0) is 81.0. The van der Waals surface area contributed by atoms with Gasteiger partial charge >= 0.3 is 7.12 Å². The van der Waals surface area contributed by atoms with Gasteiger partial charge in [0.2, 0.25) is 0 Å². The fraction of sp³-hybridized carbons (Fsp3) is 0. The first-order chi connectivity index (χ1) is 59.7. The van der Waals surface area contributed by atoms with Gasteiger partial charge in [-0.1, -0.05) is 408 Å². The highest BCUT2D eigenvalue weighted by atomic mass is 79.9. The molecule has 0 bridgehead atoms. The predicted octanol–water partition coefficient (Wildman–Crippen LogP) is 32.0. The summed E-state index contributed by atoms with van der Waals surface area (Å²) < 4.78 is 2.19. The Hall–Kier alpha value is -14.1. The third-order valence-corrected chi connectivity index (χ3v) is 25.3. The predicted molar refractivity (Wildman–Crippen MR) is 526 cm³/mol. The van der Waals surface area contributed by atoms with E-state index in [0.29, 0.717) is 5.46 Å². The van der Waals surface area contributed by atoms with Crippen molar-refractivity contribution in [3.05, 3.63) is 452 Å². The van der Waals surface area contributed by atoms with Crippen LogP contribution in [0.1, 0.15) is 0 Å². The molecule has 0 heterocycles. The number of rotatable bonds is 10. The largest absolute Gasteiger partial charge is 0.489 e. The van der Waals surface area contributed by atoms with E-state index in [4.69, 9.17) is 0 Å².